The van der Waals surface area contributed by atoms with Crippen molar-refractivity contribution in [1.29, 1.82) is 0 Å². The summed E-state index contributed by atoms with van der Waals surface area (Å²) in [4.78, 5) is 12.3. The number of anilines is 1. The lowest BCUT2D eigenvalue weighted by Gasteiger charge is -2.16. The van der Waals surface area contributed by atoms with Crippen molar-refractivity contribution in [1.82, 2.24) is 4.72 Å². The molecule has 1 unspecified atom stereocenters. The fourth-order valence-corrected chi connectivity index (χ4v) is 3.45. The monoisotopic (exact) mass is 382 g/mol. The number of ether oxygens (including phenoxy) is 1. The number of carbonyl (C=O) groups is 1. The summed E-state index contributed by atoms with van der Waals surface area (Å²) in [6.45, 7) is 3.29. The van der Waals surface area contributed by atoms with Gasteiger partial charge in [-0.25, -0.2) is 8.42 Å². The molecule has 1 amide bonds. The van der Waals surface area contributed by atoms with Crippen molar-refractivity contribution in [3.8, 4) is 5.75 Å². The zero-order valence-electron chi connectivity index (χ0n) is 14.0. The number of carbonyl (C=O) groups excluding carboxylic acids is 1. The second-order valence-electron chi connectivity index (χ2n) is 5.47. The first kappa shape index (κ1) is 19.2. The van der Waals surface area contributed by atoms with Gasteiger partial charge in [-0.05, 0) is 55.8 Å². The molecule has 8 heteroatoms. The van der Waals surface area contributed by atoms with E-state index in [4.69, 9.17) is 16.3 Å². The number of sulfonamides is 1. The van der Waals surface area contributed by atoms with Gasteiger partial charge in [-0.3, -0.25) is 4.79 Å². The van der Waals surface area contributed by atoms with E-state index in [-0.39, 0.29) is 4.90 Å². The van der Waals surface area contributed by atoms with Gasteiger partial charge in [0.2, 0.25) is 15.9 Å². The number of methoxy groups -OCH3 is 1. The van der Waals surface area contributed by atoms with Gasteiger partial charge in [0.25, 0.3) is 0 Å². The second-order valence-corrected chi connectivity index (χ2v) is 7.62. The molecule has 0 spiro atoms. The SMILES string of the molecule is COc1ccc(S(=O)(=O)NC(C)C(=O)Nc2cc(Cl)ccc2C)cc1. The van der Waals surface area contributed by atoms with Crippen LogP contribution in [-0.4, -0.2) is 27.5 Å². The van der Waals surface area contributed by atoms with Gasteiger partial charge in [0.1, 0.15) is 5.75 Å². The standard InChI is InChI=1S/C17H19ClN2O4S/c1-11-4-5-13(18)10-16(11)19-17(21)12(2)20-25(22,23)15-8-6-14(24-3)7-9-15/h4-10,12,20H,1-3H3,(H,19,21). The van der Waals surface area contributed by atoms with E-state index in [1.165, 1.54) is 38.3 Å². The topological polar surface area (TPSA) is 84.5 Å². The van der Waals surface area contributed by atoms with Crippen molar-refractivity contribution in [2.75, 3.05) is 12.4 Å². The first-order chi connectivity index (χ1) is 11.7. The summed E-state index contributed by atoms with van der Waals surface area (Å²) in [5.74, 6) is 0.0589. The summed E-state index contributed by atoms with van der Waals surface area (Å²) in [7, 11) is -2.34. The molecule has 0 fully saturated rings. The van der Waals surface area contributed by atoms with Crippen LogP contribution in [-0.2, 0) is 14.8 Å². The van der Waals surface area contributed by atoms with Crippen molar-refractivity contribution < 1.29 is 17.9 Å². The van der Waals surface area contributed by atoms with Gasteiger partial charge in [0.05, 0.1) is 18.0 Å². The minimum atomic E-state index is -3.83. The Bertz CT molecular complexity index is 867. The predicted molar refractivity (Wildman–Crippen MR) is 97.6 cm³/mol. The van der Waals surface area contributed by atoms with Gasteiger partial charge in [-0.1, -0.05) is 17.7 Å². The van der Waals surface area contributed by atoms with Crippen molar-refractivity contribution in [2.24, 2.45) is 0 Å². The van der Waals surface area contributed by atoms with E-state index < -0.39 is 22.0 Å². The quantitative estimate of drug-likeness (QED) is 0.804. The normalized spacial score (nSPS) is 12.5. The Morgan fingerprint density at radius 1 is 1.16 bits per heavy atom. The lowest BCUT2D eigenvalue weighted by Crippen LogP contribution is -2.41. The highest BCUT2D eigenvalue weighted by atomic mass is 35.5. The fourth-order valence-electron chi connectivity index (χ4n) is 2.08. The van der Waals surface area contributed by atoms with E-state index >= 15 is 0 Å². The molecule has 0 aliphatic heterocycles. The molecule has 1 atom stereocenters. The van der Waals surface area contributed by atoms with Gasteiger partial charge >= 0.3 is 0 Å². The number of rotatable bonds is 6. The van der Waals surface area contributed by atoms with Crippen LogP contribution in [0.5, 0.6) is 5.75 Å². The average molecular weight is 383 g/mol. The summed E-state index contributed by atoms with van der Waals surface area (Å²) >= 11 is 5.92. The number of nitrogens with one attached hydrogen (secondary N) is 2. The molecule has 0 aliphatic carbocycles. The highest BCUT2D eigenvalue weighted by Crippen LogP contribution is 2.20. The van der Waals surface area contributed by atoms with Crippen LogP contribution in [0.3, 0.4) is 0 Å². The Labute approximate surface area is 152 Å². The van der Waals surface area contributed by atoms with E-state index in [1.807, 2.05) is 6.92 Å². The van der Waals surface area contributed by atoms with E-state index in [0.717, 1.165) is 5.56 Å². The molecular formula is C17H19ClN2O4S. The molecule has 0 radical (unpaired) electrons. The summed E-state index contributed by atoms with van der Waals surface area (Å²) < 4.78 is 32.1. The van der Waals surface area contributed by atoms with E-state index in [0.29, 0.717) is 16.5 Å². The first-order valence-corrected chi connectivity index (χ1v) is 9.32. The molecule has 0 heterocycles. The van der Waals surface area contributed by atoms with Crippen LogP contribution in [0.1, 0.15) is 12.5 Å². The van der Waals surface area contributed by atoms with Gasteiger partial charge in [0, 0.05) is 10.7 Å². The highest BCUT2D eigenvalue weighted by molar-refractivity contribution is 7.89. The highest BCUT2D eigenvalue weighted by Gasteiger charge is 2.22. The summed E-state index contributed by atoms with van der Waals surface area (Å²) in [6, 6.07) is 10.0. The molecule has 2 aromatic carbocycles. The van der Waals surface area contributed by atoms with Crippen LogP contribution in [0, 0.1) is 6.92 Å². The zero-order chi connectivity index (χ0) is 18.6. The van der Waals surface area contributed by atoms with Crippen molar-refractivity contribution in [3.05, 3.63) is 53.1 Å². The zero-order valence-corrected chi connectivity index (χ0v) is 15.6. The third kappa shape index (κ3) is 4.94. The number of hydrogen-bond acceptors (Lipinski definition) is 4. The smallest absolute Gasteiger partial charge is 0.242 e. The molecule has 0 saturated heterocycles. The second kappa shape index (κ2) is 7.86. The molecule has 6 nitrogen and oxygen atoms in total. The minimum absolute atomic E-state index is 0.0480. The fraction of sp³-hybridized carbons (Fsp3) is 0.235. The summed E-state index contributed by atoms with van der Waals surface area (Å²) in [6.07, 6.45) is 0. The van der Waals surface area contributed by atoms with Gasteiger partial charge in [-0.15, -0.1) is 0 Å². The third-order valence-corrected chi connectivity index (χ3v) is 5.34. The lowest BCUT2D eigenvalue weighted by atomic mass is 10.2. The molecular weight excluding hydrogens is 364 g/mol. The van der Waals surface area contributed by atoms with Crippen LogP contribution >= 0.6 is 11.6 Å². The van der Waals surface area contributed by atoms with Crippen molar-refractivity contribution >= 4 is 33.2 Å². The first-order valence-electron chi connectivity index (χ1n) is 7.46. The van der Waals surface area contributed by atoms with Crippen LogP contribution in [0.2, 0.25) is 5.02 Å². The van der Waals surface area contributed by atoms with Crippen LogP contribution in [0.4, 0.5) is 5.69 Å². The third-order valence-electron chi connectivity index (χ3n) is 3.55. The minimum Gasteiger partial charge on any atom is -0.497 e. The Hall–Kier alpha value is -2.09. The average Bonchev–Trinajstić information content (AvgIpc) is 2.57. The Kier molecular flexibility index (Phi) is 6.05. The largest absolute Gasteiger partial charge is 0.497 e. The van der Waals surface area contributed by atoms with Gasteiger partial charge in [-0.2, -0.15) is 4.72 Å². The Morgan fingerprint density at radius 2 is 1.80 bits per heavy atom. The van der Waals surface area contributed by atoms with Gasteiger partial charge < -0.3 is 10.1 Å². The number of aryl methyl sites for hydroxylation is 1. The lowest BCUT2D eigenvalue weighted by molar-refractivity contribution is -0.117. The van der Waals surface area contributed by atoms with Gasteiger partial charge in [0.15, 0.2) is 0 Å². The molecule has 134 valence electrons. The molecule has 25 heavy (non-hydrogen) atoms. The van der Waals surface area contributed by atoms with E-state index in [1.54, 1.807) is 18.2 Å². The van der Waals surface area contributed by atoms with E-state index in [9.17, 15) is 13.2 Å². The van der Waals surface area contributed by atoms with Crippen LogP contribution < -0.4 is 14.8 Å². The maximum atomic E-state index is 12.4. The number of halogens is 1. The van der Waals surface area contributed by atoms with Crippen LogP contribution in [0.15, 0.2) is 47.4 Å². The molecule has 2 N–H and O–H groups in total. The number of amides is 1. The molecule has 0 aliphatic rings. The molecule has 0 bridgehead atoms. The van der Waals surface area contributed by atoms with Crippen molar-refractivity contribution in [2.45, 2.75) is 24.8 Å². The number of hydrogen-bond donors (Lipinski definition) is 2. The Morgan fingerprint density at radius 3 is 2.40 bits per heavy atom. The number of benzene rings is 2. The molecule has 0 aromatic heterocycles. The maximum Gasteiger partial charge on any atom is 0.242 e. The summed E-state index contributed by atoms with van der Waals surface area (Å²) in [5.41, 5.74) is 1.36. The summed E-state index contributed by atoms with van der Waals surface area (Å²) in [5, 5.41) is 3.15. The maximum absolute atomic E-state index is 12.4. The molecule has 2 aromatic rings. The molecule has 2 rings (SSSR count). The Balaban J connectivity index is 2.10. The van der Waals surface area contributed by atoms with Crippen molar-refractivity contribution in [3.63, 3.8) is 0 Å². The van der Waals surface area contributed by atoms with E-state index in [2.05, 4.69) is 10.0 Å². The predicted octanol–water partition coefficient (Wildman–Crippen LogP) is 2.96. The van der Waals surface area contributed by atoms with Crippen LogP contribution in [0.25, 0.3) is 0 Å². The molecule has 0 saturated carbocycles.